The van der Waals surface area contributed by atoms with Crippen LogP contribution in [0.2, 0.25) is 0 Å². The van der Waals surface area contributed by atoms with E-state index in [2.05, 4.69) is 17.1 Å². The number of hydrogen-bond acceptors (Lipinski definition) is 5. The average molecular weight is 394 g/mol. The maximum Gasteiger partial charge on any atom is 0.193 e. The van der Waals surface area contributed by atoms with Crippen LogP contribution in [0.5, 0.6) is 0 Å². The maximum absolute atomic E-state index is 5.93. The number of piperidine rings is 1. The Balaban J connectivity index is 1.58. The van der Waals surface area contributed by atoms with Crippen LogP contribution in [0.3, 0.4) is 0 Å². The molecule has 3 rings (SSSR count). The van der Waals surface area contributed by atoms with Crippen LogP contribution >= 0.6 is 0 Å². The fourth-order valence-electron chi connectivity index (χ4n) is 3.88. The molecule has 158 valence electrons. The van der Waals surface area contributed by atoms with Crippen molar-refractivity contribution in [2.24, 2.45) is 10.9 Å². The van der Waals surface area contributed by atoms with Crippen LogP contribution in [-0.2, 0) is 20.6 Å². The second-order valence-electron chi connectivity index (χ2n) is 7.51. The van der Waals surface area contributed by atoms with Gasteiger partial charge in [-0.15, -0.1) is 0 Å². The Morgan fingerprint density at radius 3 is 3.00 bits per heavy atom. The van der Waals surface area contributed by atoms with Gasteiger partial charge in [0.1, 0.15) is 5.76 Å². The van der Waals surface area contributed by atoms with Gasteiger partial charge in [-0.2, -0.15) is 0 Å². The number of likely N-dealkylation sites (tertiary alicyclic amines) is 1. The smallest absolute Gasteiger partial charge is 0.193 e. The first-order valence-corrected chi connectivity index (χ1v) is 10.6. The predicted molar refractivity (Wildman–Crippen MR) is 108 cm³/mol. The molecule has 0 spiro atoms. The van der Waals surface area contributed by atoms with Gasteiger partial charge in [0.25, 0.3) is 0 Å². The normalized spacial score (nSPS) is 22.6. The van der Waals surface area contributed by atoms with E-state index < -0.39 is 5.79 Å². The number of guanidine groups is 1. The van der Waals surface area contributed by atoms with Crippen molar-refractivity contribution >= 4 is 5.96 Å². The van der Waals surface area contributed by atoms with Crippen LogP contribution in [0, 0.1) is 5.92 Å². The summed E-state index contributed by atoms with van der Waals surface area (Å²) in [6.45, 7) is 10.4. The molecule has 1 aromatic rings. The molecule has 7 nitrogen and oxygen atoms in total. The maximum atomic E-state index is 5.93. The number of aliphatic imine (C=N–C) groups is 1. The summed E-state index contributed by atoms with van der Waals surface area (Å²) in [7, 11) is 0. The first-order chi connectivity index (χ1) is 13.7. The summed E-state index contributed by atoms with van der Waals surface area (Å²) in [6, 6.07) is 3.93. The number of ether oxygens (including phenoxy) is 3. The minimum atomic E-state index is -0.465. The summed E-state index contributed by atoms with van der Waals surface area (Å²) >= 11 is 0. The van der Waals surface area contributed by atoms with Crippen LogP contribution in [-0.4, -0.2) is 69.3 Å². The highest BCUT2D eigenvalue weighted by atomic mass is 16.7. The average Bonchev–Trinajstić information content (AvgIpc) is 3.39. The van der Waals surface area contributed by atoms with E-state index in [9.17, 15) is 0 Å². The van der Waals surface area contributed by atoms with Crippen molar-refractivity contribution in [1.82, 2.24) is 10.2 Å². The molecule has 2 saturated heterocycles. The van der Waals surface area contributed by atoms with E-state index in [4.69, 9.17) is 23.6 Å². The summed E-state index contributed by atoms with van der Waals surface area (Å²) in [5.74, 6) is 1.84. The van der Waals surface area contributed by atoms with Crippen molar-refractivity contribution in [3.05, 3.63) is 24.2 Å². The number of nitrogens with one attached hydrogen (secondary N) is 1. The third kappa shape index (κ3) is 5.96. The Morgan fingerprint density at radius 1 is 1.39 bits per heavy atom. The van der Waals surface area contributed by atoms with Crippen molar-refractivity contribution in [1.29, 1.82) is 0 Å². The number of furan rings is 1. The lowest BCUT2D eigenvalue weighted by Crippen LogP contribution is -2.52. The first-order valence-electron chi connectivity index (χ1n) is 10.6. The molecule has 7 heteroatoms. The molecule has 3 heterocycles. The van der Waals surface area contributed by atoms with Gasteiger partial charge < -0.3 is 28.8 Å². The Morgan fingerprint density at radius 2 is 2.25 bits per heavy atom. The van der Waals surface area contributed by atoms with Gasteiger partial charge in [0, 0.05) is 51.7 Å². The molecule has 2 fully saturated rings. The molecule has 0 aromatic carbocycles. The molecular formula is C21H35N3O4. The molecule has 0 radical (unpaired) electrons. The SMILES string of the molecule is CCOCCCN=C(NCCc1ccco1)N1CCCC(C2(C)OCCO2)C1. The van der Waals surface area contributed by atoms with E-state index in [1.807, 2.05) is 19.1 Å². The van der Waals surface area contributed by atoms with E-state index in [-0.39, 0.29) is 0 Å². The Bertz CT molecular complexity index is 584. The van der Waals surface area contributed by atoms with Gasteiger partial charge in [-0.3, -0.25) is 4.99 Å². The molecule has 0 bridgehead atoms. The second-order valence-corrected chi connectivity index (χ2v) is 7.51. The van der Waals surface area contributed by atoms with Crippen LogP contribution in [0.4, 0.5) is 0 Å². The zero-order valence-corrected chi connectivity index (χ0v) is 17.3. The minimum Gasteiger partial charge on any atom is -0.469 e. The molecule has 0 aliphatic carbocycles. The summed E-state index contributed by atoms with van der Waals surface area (Å²) in [6.07, 6.45) is 5.72. The number of rotatable bonds is 9. The highest BCUT2D eigenvalue weighted by Gasteiger charge is 2.42. The summed E-state index contributed by atoms with van der Waals surface area (Å²) in [4.78, 5) is 7.22. The largest absolute Gasteiger partial charge is 0.469 e. The lowest BCUT2D eigenvalue weighted by atomic mass is 9.90. The fourth-order valence-corrected chi connectivity index (χ4v) is 3.88. The zero-order chi connectivity index (χ0) is 19.7. The monoisotopic (exact) mass is 393 g/mol. The van der Waals surface area contributed by atoms with Gasteiger partial charge in [0.15, 0.2) is 11.7 Å². The van der Waals surface area contributed by atoms with Crippen molar-refractivity contribution in [3.8, 4) is 0 Å². The van der Waals surface area contributed by atoms with E-state index in [1.54, 1.807) is 6.26 Å². The third-order valence-electron chi connectivity index (χ3n) is 5.47. The predicted octanol–water partition coefficient (Wildman–Crippen LogP) is 2.67. The first kappa shape index (κ1) is 21.1. The molecule has 1 unspecified atom stereocenters. The highest BCUT2D eigenvalue weighted by molar-refractivity contribution is 5.80. The fraction of sp³-hybridized carbons (Fsp3) is 0.762. The Labute approximate surface area is 168 Å². The lowest BCUT2D eigenvalue weighted by Gasteiger charge is -2.41. The van der Waals surface area contributed by atoms with E-state index >= 15 is 0 Å². The van der Waals surface area contributed by atoms with E-state index in [1.165, 1.54) is 0 Å². The van der Waals surface area contributed by atoms with Crippen LogP contribution in [0.15, 0.2) is 27.8 Å². The molecule has 0 saturated carbocycles. The zero-order valence-electron chi connectivity index (χ0n) is 17.3. The summed E-state index contributed by atoms with van der Waals surface area (Å²) < 4.78 is 22.7. The molecule has 2 aliphatic heterocycles. The van der Waals surface area contributed by atoms with E-state index in [0.29, 0.717) is 19.1 Å². The third-order valence-corrected chi connectivity index (χ3v) is 5.47. The summed E-state index contributed by atoms with van der Waals surface area (Å²) in [5, 5.41) is 3.54. The lowest BCUT2D eigenvalue weighted by molar-refractivity contribution is -0.189. The molecule has 0 amide bonds. The van der Waals surface area contributed by atoms with Crippen molar-refractivity contribution in [2.75, 3.05) is 52.6 Å². The topological polar surface area (TPSA) is 68.5 Å². The van der Waals surface area contributed by atoms with Crippen molar-refractivity contribution in [3.63, 3.8) is 0 Å². The minimum absolute atomic E-state index is 0.351. The van der Waals surface area contributed by atoms with Gasteiger partial charge in [0.2, 0.25) is 0 Å². The Hall–Kier alpha value is -1.57. The van der Waals surface area contributed by atoms with Gasteiger partial charge in [-0.1, -0.05) is 0 Å². The number of hydrogen-bond donors (Lipinski definition) is 1. The van der Waals surface area contributed by atoms with Gasteiger partial charge in [-0.05, 0) is 45.2 Å². The van der Waals surface area contributed by atoms with Crippen LogP contribution < -0.4 is 5.32 Å². The molecule has 1 aromatic heterocycles. The molecule has 28 heavy (non-hydrogen) atoms. The molecule has 1 atom stereocenters. The number of nitrogens with zero attached hydrogens (tertiary/aromatic N) is 2. The second kappa shape index (κ2) is 10.8. The Kier molecular flexibility index (Phi) is 8.18. The highest BCUT2D eigenvalue weighted by Crippen LogP contribution is 2.34. The van der Waals surface area contributed by atoms with Crippen molar-refractivity contribution in [2.45, 2.75) is 45.3 Å². The molecular weight excluding hydrogens is 358 g/mol. The van der Waals surface area contributed by atoms with Crippen LogP contribution in [0.25, 0.3) is 0 Å². The van der Waals surface area contributed by atoms with Gasteiger partial charge in [-0.25, -0.2) is 0 Å². The molecule has 1 N–H and O–H groups in total. The summed E-state index contributed by atoms with van der Waals surface area (Å²) in [5.41, 5.74) is 0. The van der Waals surface area contributed by atoms with Crippen LogP contribution in [0.1, 0.15) is 38.9 Å². The standard InChI is InChI=1S/C21H35N3O4/c1-3-25-13-6-10-22-20(23-11-9-19-8-5-14-26-19)24-12-4-7-18(17-24)21(2)27-15-16-28-21/h5,8,14,18H,3-4,6-7,9-13,15-17H2,1-2H3,(H,22,23). The molecule has 2 aliphatic rings. The quantitative estimate of drug-likeness (QED) is 0.395. The van der Waals surface area contributed by atoms with Gasteiger partial charge in [0.05, 0.1) is 19.5 Å². The van der Waals surface area contributed by atoms with E-state index in [0.717, 1.165) is 76.8 Å². The van der Waals surface area contributed by atoms with Gasteiger partial charge >= 0.3 is 0 Å². The van der Waals surface area contributed by atoms with Crippen molar-refractivity contribution < 1.29 is 18.6 Å².